The summed E-state index contributed by atoms with van der Waals surface area (Å²) < 4.78 is 0. The molecule has 31 heavy (non-hydrogen) atoms. The molecule has 1 aromatic carbocycles. The summed E-state index contributed by atoms with van der Waals surface area (Å²) in [4.78, 5) is 37.2. The minimum absolute atomic E-state index is 0.0247. The van der Waals surface area contributed by atoms with E-state index in [9.17, 15) is 9.59 Å². The van der Waals surface area contributed by atoms with Gasteiger partial charge in [0.05, 0.1) is 5.01 Å². The van der Waals surface area contributed by atoms with Crippen molar-refractivity contribution in [2.24, 2.45) is 5.41 Å². The average Bonchev–Trinajstić information content (AvgIpc) is 3.35. The Labute approximate surface area is 186 Å². The van der Waals surface area contributed by atoms with E-state index in [1.54, 1.807) is 11.3 Å². The van der Waals surface area contributed by atoms with Gasteiger partial charge in [-0.05, 0) is 55.4 Å². The second-order valence-corrected chi connectivity index (χ2v) is 11.4. The summed E-state index contributed by atoms with van der Waals surface area (Å²) in [7, 11) is 0. The SMILES string of the molecule is Cc1cc(C(=O)N2CCC3(CC2)CC(=O)c2nc(C(C)(C)C)sc2C3)cc2cc[nH]c12. The van der Waals surface area contributed by atoms with Gasteiger partial charge in [-0.3, -0.25) is 9.59 Å². The van der Waals surface area contributed by atoms with Crippen LogP contribution in [0.3, 0.4) is 0 Å². The van der Waals surface area contributed by atoms with E-state index in [2.05, 4.69) is 25.8 Å². The van der Waals surface area contributed by atoms with Gasteiger partial charge in [0.1, 0.15) is 5.69 Å². The van der Waals surface area contributed by atoms with E-state index in [0.29, 0.717) is 25.2 Å². The van der Waals surface area contributed by atoms with E-state index in [1.807, 2.05) is 36.2 Å². The third kappa shape index (κ3) is 3.51. The molecule has 5 nitrogen and oxygen atoms in total. The lowest BCUT2D eigenvalue weighted by atomic mass is 9.68. The van der Waals surface area contributed by atoms with Crippen molar-refractivity contribution < 1.29 is 9.59 Å². The molecule has 3 heterocycles. The van der Waals surface area contributed by atoms with Gasteiger partial charge in [0, 0.05) is 52.5 Å². The van der Waals surface area contributed by atoms with Crippen LogP contribution in [0.1, 0.15) is 76.3 Å². The van der Waals surface area contributed by atoms with Crippen molar-refractivity contribution in [2.45, 2.75) is 58.8 Å². The predicted molar refractivity (Wildman–Crippen MR) is 124 cm³/mol. The number of rotatable bonds is 1. The topological polar surface area (TPSA) is 66.1 Å². The number of benzene rings is 1. The molecule has 6 heteroatoms. The van der Waals surface area contributed by atoms with Gasteiger partial charge >= 0.3 is 0 Å². The number of aromatic nitrogens is 2. The minimum atomic E-state index is -0.0378. The second-order valence-electron chi connectivity index (χ2n) is 10.3. The Hall–Kier alpha value is -2.47. The summed E-state index contributed by atoms with van der Waals surface area (Å²) in [5.74, 6) is 0.276. The Bertz CT molecular complexity index is 1190. The highest BCUT2D eigenvalue weighted by Gasteiger charge is 2.43. The maximum Gasteiger partial charge on any atom is 0.253 e. The van der Waals surface area contributed by atoms with Crippen LogP contribution in [0.4, 0.5) is 0 Å². The van der Waals surface area contributed by atoms with Crippen LogP contribution in [0.2, 0.25) is 0 Å². The van der Waals surface area contributed by atoms with Gasteiger partial charge in [-0.2, -0.15) is 0 Å². The van der Waals surface area contributed by atoms with Crippen LogP contribution in [0.25, 0.3) is 10.9 Å². The summed E-state index contributed by atoms with van der Waals surface area (Å²) in [6, 6.07) is 5.97. The van der Waals surface area contributed by atoms with Crippen LogP contribution < -0.4 is 0 Å². The number of aromatic amines is 1. The van der Waals surface area contributed by atoms with Crippen molar-refractivity contribution in [2.75, 3.05) is 13.1 Å². The molecular weight excluding hydrogens is 406 g/mol. The Morgan fingerprint density at radius 3 is 2.65 bits per heavy atom. The fourth-order valence-corrected chi connectivity index (χ4v) is 6.35. The number of fused-ring (bicyclic) bond motifs is 2. The molecule has 3 aromatic rings. The first kappa shape index (κ1) is 20.4. The van der Waals surface area contributed by atoms with E-state index < -0.39 is 0 Å². The fourth-order valence-electron chi connectivity index (χ4n) is 5.04. The highest BCUT2D eigenvalue weighted by atomic mass is 32.1. The smallest absolute Gasteiger partial charge is 0.253 e. The molecule has 1 aliphatic carbocycles. The van der Waals surface area contributed by atoms with Crippen molar-refractivity contribution in [1.82, 2.24) is 14.9 Å². The number of ketones is 1. The molecule has 1 amide bonds. The van der Waals surface area contributed by atoms with Gasteiger partial charge in [-0.15, -0.1) is 11.3 Å². The van der Waals surface area contributed by atoms with Crippen LogP contribution in [-0.4, -0.2) is 39.6 Å². The van der Waals surface area contributed by atoms with Crippen molar-refractivity contribution in [3.05, 3.63) is 51.1 Å². The Kier molecular flexibility index (Phi) is 4.63. The predicted octanol–water partition coefficient (Wildman–Crippen LogP) is 5.28. The van der Waals surface area contributed by atoms with Gasteiger partial charge in [0.2, 0.25) is 0 Å². The Balaban J connectivity index is 1.33. The number of carbonyl (C=O) groups excluding carboxylic acids is 2. The van der Waals surface area contributed by atoms with Gasteiger partial charge in [0.15, 0.2) is 5.78 Å². The van der Waals surface area contributed by atoms with Gasteiger partial charge in [-0.25, -0.2) is 4.98 Å². The quantitative estimate of drug-likeness (QED) is 0.565. The summed E-state index contributed by atoms with van der Waals surface area (Å²) in [6.07, 6.45) is 5.13. The third-order valence-corrected chi connectivity index (χ3v) is 8.37. The molecule has 0 atom stereocenters. The van der Waals surface area contributed by atoms with Crippen LogP contribution in [0, 0.1) is 12.3 Å². The minimum Gasteiger partial charge on any atom is -0.361 e. The normalized spacial score (nSPS) is 18.6. The fraction of sp³-hybridized carbons (Fsp3) is 0.480. The number of hydrogen-bond donors (Lipinski definition) is 1. The maximum absolute atomic E-state index is 13.2. The van der Waals surface area contributed by atoms with E-state index in [-0.39, 0.29) is 22.5 Å². The number of piperidine rings is 1. The van der Waals surface area contributed by atoms with Gasteiger partial charge in [0.25, 0.3) is 5.91 Å². The zero-order valence-electron chi connectivity index (χ0n) is 18.7. The van der Waals surface area contributed by atoms with E-state index >= 15 is 0 Å². The molecule has 2 aliphatic rings. The summed E-state index contributed by atoms with van der Waals surface area (Å²) in [6.45, 7) is 9.89. The molecular formula is C25H29N3O2S. The number of H-pyrrole nitrogens is 1. The van der Waals surface area contributed by atoms with E-state index in [1.165, 1.54) is 0 Å². The molecule has 1 saturated heterocycles. The van der Waals surface area contributed by atoms with Crippen LogP contribution in [-0.2, 0) is 11.8 Å². The first-order valence-electron chi connectivity index (χ1n) is 11.1. The summed E-state index contributed by atoms with van der Waals surface area (Å²) >= 11 is 1.71. The number of nitrogens with one attached hydrogen (secondary N) is 1. The second kappa shape index (κ2) is 7.02. The lowest BCUT2D eigenvalue weighted by Crippen LogP contribution is -2.46. The molecule has 1 N–H and O–H groups in total. The van der Waals surface area contributed by atoms with Gasteiger partial charge in [-0.1, -0.05) is 20.8 Å². The largest absolute Gasteiger partial charge is 0.361 e. The average molecular weight is 436 g/mol. The monoisotopic (exact) mass is 435 g/mol. The lowest BCUT2D eigenvalue weighted by Gasteiger charge is -2.43. The number of aryl methyl sites for hydroxylation is 1. The third-order valence-electron chi connectivity index (χ3n) is 6.89. The maximum atomic E-state index is 13.2. The van der Waals surface area contributed by atoms with Crippen molar-refractivity contribution in [1.29, 1.82) is 0 Å². The molecule has 5 rings (SSSR count). The molecule has 1 spiro atoms. The van der Waals surface area contributed by atoms with Crippen molar-refractivity contribution in [3.63, 3.8) is 0 Å². The standard InChI is InChI=1S/C25H29N3O2S/c1-15-11-17(12-16-5-8-26-20(15)16)22(30)28-9-6-25(7-10-28)13-18(29)21-19(14-25)31-23(27-21)24(2,3)4/h5,8,11-12,26H,6-7,9-10,13-14H2,1-4H3. The number of likely N-dealkylation sites (tertiary alicyclic amines) is 1. The number of nitrogens with zero attached hydrogens (tertiary/aromatic N) is 2. The highest BCUT2D eigenvalue weighted by molar-refractivity contribution is 7.12. The zero-order valence-corrected chi connectivity index (χ0v) is 19.5. The first-order chi connectivity index (χ1) is 14.7. The van der Waals surface area contributed by atoms with Crippen LogP contribution in [0.15, 0.2) is 24.4 Å². The molecule has 0 radical (unpaired) electrons. The summed E-state index contributed by atoms with van der Waals surface area (Å²) in [5.41, 5.74) is 3.57. The molecule has 0 saturated carbocycles. The molecule has 0 bridgehead atoms. The van der Waals surface area contributed by atoms with E-state index in [4.69, 9.17) is 4.98 Å². The molecule has 1 fully saturated rings. The number of thiazole rings is 1. The zero-order chi connectivity index (χ0) is 22.0. The number of carbonyl (C=O) groups is 2. The molecule has 2 aromatic heterocycles. The Morgan fingerprint density at radius 2 is 1.94 bits per heavy atom. The van der Waals surface area contributed by atoms with Crippen LogP contribution >= 0.6 is 11.3 Å². The molecule has 0 unspecified atom stereocenters. The van der Waals surface area contributed by atoms with Gasteiger partial charge < -0.3 is 9.88 Å². The number of hydrogen-bond acceptors (Lipinski definition) is 4. The lowest BCUT2D eigenvalue weighted by molar-refractivity contribution is 0.0522. The highest BCUT2D eigenvalue weighted by Crippen LogP contribution is 2.46. The van der Waals surface area contributed by atoms with E-state index in [0.717, 1.165) is 51.2 Å². The summed E-state index contributed by atoms with van der Waals surface area (Å²) in [5, 5.41) is 2.12. The molecule has 1 aliphatic heterocycles. The number of amides is 1. The van der Waals surface area contributed by atoms with Crippen molar-refractivity contribution >= 4 is 33.9 Å². The van der Waals surface area contributed by atoms with Crippen molar-refractivity contribution in [3.8, 4) is 0 Å². The van der Waals surface area contributed by atoms with Crippen LogP contribution in [0.5, 0.6) is 0 Å². The number of Topliss-reactive ketones (excluding diaryl/α,β-unsaturated/α-hetero) is 1. The Morgan fingerprint density at radius 1 is 1.19 bits per heavy atom. The molecule has 162 valence electrons. The first-order valence-corrected chi connectivity index (χ1v) is 11.9.